The molecule has 1 aromatic rings. The summed E-state index contributed by atoms with van der Waals surface area (Å²) in [4.78, 5) is 17.5. The van der Waals surface area contributed by atoms with E-state index in [1.54, 1.807) is 0 Å². The molecule has 0 spiro atoms. The maximum Gasteiger partial charge on any atom is 0.253 e. The Morgan fingerprint density at radius 1 is 0.923 bits per heavy atom. The van der Waals surface area contributed by atoms with E-state index in [9.17, 15) is 4.79 Å². The van der Waals surface area contributed by atoms with Gasteiger partial charge in [-0.05, 0) is 69.6 Å². The Labute approximate surface area is 156 Å². The van der Waals surface area contributed by atoms with E-state index < -0.39 is 0 Å². The lowest BCUT2D eigenvalue weighted by molar-refractivity contribution is -0.124. The number of hydrogen-bond acceptors (Lipinski definition) is 4. The monoisotopic (exact) mass is 357 g/mol. The molecule has 0 radical (unpaired) electrons. The van der Waals surface area contributed by atoms with Crippen LogP contribution < -0.4 is 15.1 Å². The number of piperidine rings is 2. The molecule has 1 unspecified atom stereocenters. The first-order valence-electron chi connectivity index (χ1n) is 10.4. The number of nitrogens with zero attached hydrogens (tertiary/aromatic N) is 2. The molecule has 0 aromatic heterocycles. The van der Waals surface area contributed by atoms with Gasteiger partial charge in [0.15, 0.2) is 0 Å². The summed E-state index contributed by atoms with van der Waals surface area (Å²) < 4.78 is 5.58. The van der Waals surface area contributed by atoms with E-state index in [0.29, 0.717) is 6.61 Å². The second-order valence-corrected chi connectivity index (χ2v) is 7.79. The first-order chi connectivity index (χ1) is 12.8. The Hall–Kier alpha value is -1.75. The fourth-order valence-corrected chi connectivity index (χ4v) is 4.38. The van der Waals surface area contributed by atoms with Crippen LogP contribution in [0.5, 0.6) is 0 Å². The van der Waals surface area contributed by atoms with Crippen molar-refractivity contribution >= 4 is 23.0 Å². The summed E-state index contributed by atoms with van der Waals surface area (Å²) in [7, 11) is 0. The average molecular weight is 357 g/mol. The normalized spacial score (nSPS) is 23.9. The number of anilines is 3. The van der Waals surface area contributed by atoms with E-state index in [1.807, 2.05) is 0 Å². The SMILES string of the molecule is O=C(Nc1cc(N2CCCCC2)ccc1N1CCCCC1)C1CCCO1. The summed E-state index contributed by atoms with van der Waals surface area (Å²) >= 11 is 0. The lowest BCUT2D eigenvalue weighted by Gasteiger charge is -2.33. The number of hydrogen-bond donors (Lipinski definition) is 1. The molecular formula is C21H31N3O2. The van der Waals surface area contributed by atoms with E-state index in [4.69, 9.17) is 4.74 Å². The molecule has 0 bridgehead atoms. The number of amides is 1. The number of carbonyl (C=O) groups is 1. The van der Waals surface area contributed by atoms with Gasteiger partial charge in [0.25, 0.3) is 5.91 Å². The van der Waals surface area contributed by atoms with Gasteiger partial charge in [0, 0.05) is 38.5 Å². The zero-order valence-electron chi connectivity index (χ0n) is 15.7. The van der Waals surface area contributed by atoms with Crippen molar-refractivity contribution in [1.29, 1.82) is 0 Å². The summed E-state index contributed by atoms with van der Waals surface area (Å²) in [6.45, 7) is 5.08. The molecule has 142 valence electrons. The molecule has 3 fully saturated rings. The van der Waals surface area contributed by atoms with Gasteiger partial charge in [-0.2, -0.15) is 0 Å². The Morgan fingerprint density at radius 3 is 2.27 bits per heavy atom. The quantitative estimate of drug-likeness (QED) is 0.891. The van der Waals surface area contributed by atoms with Gasteiger partial charge in [-0.1, -0.05) is 0 Å². The van der Waals surface area contributed by atoms with Crippen molar-refractivity contribution in [3.8, 4) is 0 Å². The molecule has 3 heterocycles. The molecule has 3 aliphatic rings. The molecule has 26 heavy (non-hydrogen) atoms. The Balaban J connectivity index is 1.58. The van der Waals surface area contributed by atoms with Crippen molar-refractivity contribution in [2.45, 2.75) is 57.5 Å². The van der Waals surface area contributed by atoms with Crippen molar-refractivity contribution in [3.05, 3.63) is 18.2 Å². The summed E-state index contributed by atoms with van der Waals surface area (Å²) in [6, 6.07) is 6.62. The molecule has 0 aliphatic carbocycles. The molecule has 1 amide bonds. The third-order valence-electron chi connectivity index (χ3n) is 5.88. The smallest absolute Gasteiger partial charge is 0.253 e. The van der Waals surface area contributed by atoms with Gasteiger partial charge < -0.3 is 19.9 Å². The van der Waals surface area contributed by atoms with E-state index in [-0.39, 0.29) is 12.0 Å². The molecule has 4 rings (SSSR count). The molecule has 1 aromatic carbocycles. The summed E-state index contributed by atoms with van der Waals surface area (Å²) in [5.74, 6) is 0.0107. The number of ether oxygens (including phenoxy) is 1. The zero-order valence-corrected chi connectivity index (χ0v) is 15.7. The predicted molar refractivity (Wildman–Crippen MR) is 106 cm³/mol. The van der Waals surface area contributed by atoms with E-state index in [0.717, 1.165) is 50.4 Å². The van der Waals surface area contributed by atoms with Crippen LogP contribution in [0.2, 0.25) is 0 Å². The van der Waals surface area contributed by atoms with Crippen LogP contribution in [0.1, 0.15) is 51.4 Å². The zero-order chi connectivity index (χ0) is 17.8. The maximum atomic E-state index is 12.7. The Bertz CT molecular complexity index is 616. The number of nitrogens with one attached hydrogen (secondary N) is 1. The van der Waals surface area contributed by atoms with Crippen LogP contribution >= 0.6 is 0 Å². The molecule has 3 aliphatic heterocycles. The molecule has 1 N–H and O–H groups in total. The molecule has 3 saturated heterocycles. The van der Waals surface area contributed by atoms with Crippen molar-refractivity contribution in [2.75, 3.05) is 47.9 Å². The molecule has 1 atom stereocenters. The standard InChI is InChI=1S/C21H31N3O2/c25-21(20-8-7-15-26-20)22-18-16-17(23-11-3-1-4-12-23)9-10-19(18)24-13-5-2-6-14-24/h9-10,16,20H,1-8,11-15H2,(H,22,25). The summed E-state index contributed by atoms with van der Waals surface area (Å²) in [5.41, 5.74) is 3.35. The first kappa shape index (κ1) is 17.7. The molecular weight excluding hydrogens is 326 g/mol. The fourth-order valence-electron chi connectivity index (χ4n) is 4.38. The highest BCUT2D eigenvalue weighted by atomic mass is 16.5. The average Bonchev–Trinajstić information content (AvgIpc) is 3.24. The lowest BCUT2D eigenvalue weighted by atomic mass is 10.1. The third kappa shape index (κ3) is 3.98. The van der Waals surface area contributed by atoms with Gasteiger partial charge in [-0.3, -0.25) is 4.79 Å². The Morgan fingerprint density at radius 2 is 1.62 bits per heavy atom. The van der Waals surface area contributed by atoms with E-state index in [2.05, 4.69) is 33.3 Å². The van der Waals surface area contributed by atoms with Crippen molar-refractivity contribution in [3.63, 3.8) is 0 Å². The Kier molecular flexibility index (Phi) is 5.63. The minimum atomic E-state index is -0.289. The lowest BCUT2D eigenvalue weighted by Crippen LogP contribution is -2.33. The second kappa shape index (κ2) is 8.30. The number of benzene rings is 1. The highest BCUT2D eigenvalue weighted by Crippen LogP contribution is 2.34. The van der Waals surface area contributed by atoms with Crippen LogP contribution in [0.15, 0.2) is 18.2 Å². The summed E-state index contributed by atoms with van der Waals surface area (Å²) in [5, 5.41) is 3.20. The molecule has 0 saturated carbocycles. The van der Waals surface area contributed by atoms with Crippen molar-refractivity contribution in [2.24, 2.45) is 0 Å². The topological polar surface area (TPSA) is 44.8 Å². The number of rotatable bonds is 4. The van der Waals surface area contributed by atoms with Crippen LogP contribution in [0.3, 0.4) is 0 Å². The second-order valence-electron chi connectivity index (χ2n) is 7.79. The fraction of sp³-hybridized carbons (Fsp3) is 0.667. The van der Waals surface area contributed by atoms with Crippen LogP contribution in [0.4, 0.5) is 17.1 Å². The minimum absolute atomic E-state index is 0.0107. The van der Waals surface area contributed by atoms with Gasteiger partial charge in [-0.25, -0.2) is 0 Å². The van der Waals surface area contributed by atoms with Gasteiger partial charge in [-0.15, -0.1) is 0 Å². The minimum Gasteiger partial charge on any atom is -0.371 e. The molecule has 5 nitrogen and oxygen atoms in total. The highest BCUT2D eigenvalue weighted by molar-refractivity contribution is 5.98. The van der Waals surface area contributed by atoms with E-state index >= 15 is 0 Å². The van der Waals surface area contributed by atoms with Crippen LogP contribution in [-0.2, 0) is 9.53 Å². The van der Waals surface area contributed by atoms with Crippen molar-refractivity contribution in [1.82, 2.24) is 0 Å². The van der Waals surface area contributed by atoms with Gasteiger partial charge in [0.2, 0.25) is 0 Å². The molecule has 5 heteroatoms. The van der Waals surface area contributed by atoms with Crippen molar-refractivity contribution < 1.29 is 9.53 Å². The summed E-state index contributed by atoms with van der Waals surface area (Å²) in [6.07, 6.45) is 9.12. The van der Waals surface area contributed by atoms with Gasteiger partial charge >= 0.3 is 0 Å². The number of carbonyl (C=O) groups excluding carboxylic acids is 1. The maximum absolute atomic E-state index is 12.7. The predicted octanol–water partition coefficient (Wildman–Crippen LogP) is 3.78. The van der Waals surface area contributed by atoms with Crippen LogP contribution in [-0.4, -0.2) is 44.8 Å². The highest BCUT2D eigenvalue weighted by Gasteiger charge is 2.25. The van der Waals surface area contributed by atoms with Crippen LogP contribution in [0, 0.1) is 0 Å². The van der Waals surface area contributed by atoms with Gasteiger partial charge in [0.05, 0.1) is 11.4 Å². The van der Waals surface area contributed by atoms with Gasteiger partial charge in [0.1, 0.15) is 6.10 Å². The van der Waals surface area contributed by atoms with E-state index in [1.165, 1.54) is 44.2 Å². The largest absolute Gasteiger partial charge is 0.371 e. The third-order valence-corrected chi connectivity index (χ3v) is 5.88. The first-order valence-corrected chi connectivity index (χ1v) is 10.4. The van der Waals surface area contributed by atoms with Crippen LogP contribution in [0.25, 0.3) is 0 Å².